The molecule has 0 saturated carbocycles. The SMILES string of the molecule is CCOC1CN(CC=CC(N)=O)CC(OCC)O1. The molecule has 1 saturated heterocycles. The van der Waals surface area contributed by atoms with E-state index in [0.717, 1.165) is 0 Å². The highest BCUT2D eigenvalue weighted by molar-refractivity contribution is 5.85. The Morgan fingerprint density at radius 3 is 2.33 bits per heavy atom. The van der Waals surface area contributed by atoms with E-state index >= 15 is 0 Å². The van der Waals surface area contributed by atoms with Crippen LogP contribution >= 0.6 is 0 Å². The summed E-state index contributed by atoms with van der Waals surface area (Å²) in [4.78, 5) is 12.7. The Balaban J connectivity index is 2.46. The average molecular weight is 258 g/mol. The van der Waals surface area contributed by atoms with Crippen LogP contribution < -0.4 is 5.73 Å². The molecule has 2 unspecified atom stereocenters. The van der Waals surface area contributed by atoms with Crippen molar-refractivity contribution in [3.63, 3.8) is 0 Å². The first-order valence-electron chi connectivity index (χ1n) is 6.22. The van der Waals surface area contributed by atoms with Gasteiger partial charge in [-0.15, -0.1) is 0 Å². The molecule has 1 fully saturated rings. The molecular weight excluding hydrogens is 236 g/mol. The summed E-state index contributed by atoms with van der Waals surface area (Å²) in [7, 11) is 0. The Hall–Kier alpha value is -0.950. The largest absolute Gasteiger partial charge is 0.366 e. The summed E-state index contributed by atoms with van der Waals surface area (Å²) in [6.07, 6.45) is 2.52. The average Bonchev–Trinajstić information content (AvgIpc) is 2.29. The number of hydrogen-bond donors (Lipinski definition) is 1. The predicted octanol–water partition coefficient (Wildman–Crippen LogP) is 0.0853. The lowest BCUT2D eigenvalue weighted by Crippen LogP contribution is -2.49. The van der Waals surface area contributed by atoms with Gasteiger partial charge < -0.3 is 19.9 Å². The number of amides is 1. The van der Waals surface area contributed by atoms with Crippen molar-refractivity contribution < 1.29 is 19.0 Å². The van der Waals surface area contributed by atoms with Gasteiger partial charge in [-0.2, -0.15) is 0 Å². The molecule has 2 N–H and O–H groups in total. The second kappa shape index (κ2) is 8.20. The molecule has 0 aliphatic carbocycles. The maximum absolute atomic E-state index is 10.6. The number of nitrogens with zero attached hydrogens (tertiary/aromatic N) is 1. The molecule has 1 aliphatic rings. The fraction of sp³-hybridized carbons (Fsp3) is 0.750. The van der Waals surface area contributed by atoms with Gasteiger partial charge in [0.25, 0.3) is 0 Å². The quantitative estimate of drug-likeness (QED) is 0.655. The van der Waals surface area contributed by atoms with Crippen molar-refractivity contribution in [1.82, 2.24) is 4.90 Å². The van der Waals surface area contributed by atoms with Gasteiger partial charge in [0.05, 0.1) is 13.1 Å². The zero-order chi connectivity index (χ0) is 13.4. The first-order chi connectivity index (χ1) is 8.65. The van der Waals surface area contributed by atoms with E-state index in [9.17, 15) is 4.79 Å². The Bertz CT molecular complexity index is 269. The van der Waals surface area contributed by atoms with Gasteiger partial charge in [-0.3, -0.25) is 9.69 Å². The van der Waals surface area contributed by atoms with Crippen molar-refractivity contribution in [3.8, 4) is 0 Å². The molecule has 2 atom stereocenters. The lowest BCUT2D eigenvalue weighted by Gasteiger charge is -2.36. The van der Waals surface area contributed by atoms with Crippen LogP contribution in [-0.4, -0.2) is 56.2 Å². The molecule has 104 valence electrons. The zero-order valence-electron chi connectivity index (χ0n) is 11.0. The molecule has 1 heterocycles. The summed E-state index contributed by atoms with van der Waals surface area (Å²) < 4.78 is 16.5. The number of carbonyl (C=O) groups is 1. The molecule has 1 aliphatic heterocycles. The number of carbonyl (C=O) groups excluding carboxylic acids is 1. The lowest BCUT2D eigenvalue weighted by molar-refractivity contribution is -0.276. The molecule has 0 spiro atoms. The Kier molecular flexibility index (Phi) is 6.89. The van der Waals surface area contributed by atoms with E-state index in [1.165, 1.54) is 6.08 Å². The maximum atomic E-state index is 10.6. The molecule has 6 heteroatoms. The van der Waals surface area contributed by atoms with E-state index in [-0.39, 0.29) is 12.6 Å². The Labute approximate surface area is 108 Å². The third kappa shape index (κ3) is 5.59. The lowest BCUT2D eigenvalue weighted by atomic mass is 10.3. The predicted molar refractivity (Wildman–Crippen MR) is 66.7 cm³/mol. The van der Waals surface area contributed by atoms with Gasteiger partial charge in [-0.1, -0.05) is 6.08 Å². The van der Waals surface area contributed by atoms with Gasteiger partial charge >= 0.3 is 0 Å². The summed E-state index contributed by atoms with van der Waals surface area (Å²) in [5.41, 5.74) is 5.04. The zero-order valence-corrected chi connectivity index (χ0v) is 11.0. The minimum atomic E-state index is -0.439. The van der Waals surface area contributed by atoms with Crippen LogP contribution in [0.3, 0.4) is 0 Å². The van der Waals surface area contributed by atoms with Gasteiger partial charge in [0, 0.05) is 19.8 Å². The Morgan fingerprint density at radius 1 is 1.33 bits per heavy atom. The minimum Gasteiger partial charge on any atom is -0.366 e. The first kappa shape index (κ1) is 15.1. The van der Waals surface area contributed by atoms with E-state index in [0.29, 0.717) is 32.8 Å². The highest BCUT2D eigenvalue weighted by Gasteiger charge is 2.27. The molecular formula is C12H22N2O4. The van der Waals surface area contributed by atoms with Gasteiger partial charge in [-0.25, -0.2) is 0 Å². The van der Waals surface area contributed by atoms with Crippen molar-refractivity contribution in [2.75, 3.05) is 32.8 Å². The first-order valence-corrected chi connectivity index (χ1v) is 6.22. The third-order valence-corrected chi connectivity index (χ3v) is 2.47. The van der Waals surface area contributed by atoms with Crippen molar-refractivity contribution in [1.29, 1.82) is 0 Å². The summed E-state index contributed by atoms with van der Waals surface area (Å²) >= 11 is 0. The van der Waals surface area contributed by atoms with E-state index in [1.54, 1.807) is 6.08 Å². The van der Waals surface area contributed by atoms with Crippen molar-refractivity contribution in [3.05, 3.63) is 12.2 Å². The second-order valence-electron chi connectivity index (χ2n) is 3.93. The summed E-state index contributed by atoms with van der Waals surface area (Å²) in [5, 5.41) is 0. The van der Waals surface area contributed by atoms with Gasteiger partial charge in [-0.05, 0) is 19.9 Å². The smallest absolute Gasteiger partial charge is 0.241 e. The number of morpholine rings is 1. The molecule has 0 aromatic carbocycles. The number of rotatable bonds is 7. The number of hydrogen-bond acceptors (Lipinski definition) is 5. The summed E-state index contributed by atoms with van der Waals surface area (Å²) in [6.45, 7) is 6.96. The fourth-order valence-electron chi connectivity index (χ4n) is 1.77. The molecule has 0 aromatic rings. The van der Waals surface area contributed by atoms with E-state index in [4.69, 9.17) is 19.9 Å². The van der Waals surface area contributed by atoms with E-state index < -0.39 is 5.91 Å². The standard InChI is InChI=1S/C12H22N2O4/c1-3-16-11-8-14(7-5-6-10(13)15)9-12(18-11)17-4-2/h5-6,11-12H,3-4,7-9H2,1-2H3,(H2,13,15). The van der Waals surface area contributed by atoms with Gasteiger partial charge in [0.2, 0.25) is 5.91 Å². The van der Waals surface area contributed by atoms with Gasteiger partial charge in [0.15, 0.2) is 12.6 Å². The van der Waals surface area contributed by atoms with Crippen LogP contribution in [0.4, 0.5) is 0 Å². The summed E-state index contributed by atoms with van der Waals surface area (Å²) in [5.74, 6) is -0.439. The highest BCUT2D eigenvalue weighted by Crippen LogP contribution is 2.13. The molecule has 0 bridgehead atoms. The number of ether oxygens (including phenoxy) is 3. The van der Waals surface area contributed by atoms with E-state index in [2.05, 4.69) is 4.90 Å². The van der Waals surface area contributed by atoms with Gasteiger partial charge in [0.1, 0.15) is 0 Å². The van der Waals surface area contributed by atoms with Crippen LogP contribution in [0.5, 0.6) is 0 Å². The molecule has 18 heavy (non-hydrogen) atoms. The topological polar surface area (TPSA) is 74.0 Å². The third-order valence-electron chi connectivity index (χ3n) is 2.47. The van der Waals surface area contributed by atoms with Crippen LogP contribution in [0, 0.1) is 0 Å². The maximum Gasteiger partial charge on any atom is 0.241 e. The second-order valence-corrected chi connectivity index (χ2v) is 3.93. The van der Waals surface area contributed by atoms with Crippen LogP contribution in [0.1, 0.15) is 13.8 Å². The van der Waals surface area contributed by atoms with Crippen LogP contribution in [0.25, 0.3) is 0 Å². The Morgan fingerprint density at radius 2 is 1.89 bits per heavy atom. The van der Waals surface area contributed by atoms with Crippen LogP contribution in [0.2, 0.25) is 0 Å². The fourth-order valence-corrected chi connectivity index (χ4v) is 1.77. The van der Waals surface area contributed by atoms with Crippen molar-refractivity contribution >= 4 is 5.91 Å². The number of nitrogens with two attached hydrogens (primary N) is 1. The van der Waals surface area contributed by atoms with Crippen molar-refractivity contribution in [2.24, 2.45) is 5.73 Å². The minimum absolute atomic E-state index is 0.290. The molecule has 1 amide bonds. The highest BCUT2D eigenvalue weighted by atomic mass is 16.8. The molecule has 0 aromatic heterocycles. The molecule has 1 rings (SSSR count). The monoisotopic (exact) mass is 258 g/mol. The molecule has 0 radical (unpaired) electrons. The van der Waals surface area contributed by atoms with Crippen LogP contribution in [-0.2, 0) is 19.0 Å². The normalized spacial score (nSPS) is 25.7. The van der Waals surface area contributed by atoms with Crippen LogP contribution in [0.15, 0.2) is 12.2 Å². The van der Waals surface area contributed by atoms with Crippen molar-refractivity contribution in [2.45, 2.75) is 26.4 Å². The molecule has 6 nitrogen and oxygen atoms in total. The summed E-state index contributed by atoms with van der Waals surface area (Å²) in [6, 6.07) is 0. The van der Waals surface area contributed by atoms with E-state index in [1.807, 2.05) is 13.8 Å². The number of primary amides is 1.